The Balaban J connectivity index is 1.33. The minimum Gasteiger partial charge on any atom is -0.493 e. The van der Waals surface area contributed by atoms with Crippen LogP contribution in [0.25, 0.3) is 11.6 Å². The van der Waals surface area contributed by atoms with Crippen molar-refractivity contribution in [2.75, 3.05) is 19.5 Å². The highest BCUT2D eigenvalue weighted by Crippen LogP contribution is 2.41. The van der Waals surface area contributed by atoms with E-state index in [1.807, 2.05) is 30.3 Å². The minimum absolute atomic E-state index is 0.0708. The van der Waals surface area contributed by atoms with Crippen LogP contribution in [0, 0.1) is 0 Å². The number of rotatable bonds is 9. The third-order valence-electron chi connectivity index (χ3n) is 5.51. The predicted molar refractivity (Wildman–Crippen MR) is 134 cm³/mol. The average molecular weight is 488 g/mol. The lowest BCUT2D eigenvalue weighted by molar-refractivity contribution is -0.148. The molecule has 0 radical (unpaired) electrons. The summed E-state index contributed by atoms with van der Waals surface area (Å²) in [4.78, 5) is 36.6. The molecule has 0 aromatic heterocycles. The lowest BCUT2D eigenvalue weighted by atomic mass is 10.0. The molecule has 1 aliphatic heterocycles. The summed E-state index contributed by atoms with van der Waals surface area (Å²) in [5.41, 5.74) is 3.43. The quantitative estimate of drug-likeness (QED) is 0.267. The Morgan fingerprint density at radius 3 is 2.22 bits per heavy atom. The third-order valence-corrected chi connectivity index (χ3v) is 5.51. The van der Waals surface area contributed by atoms with Crippen molar-refractivity contribution in [2.24, 2.45) is 0 Å². The van der Waals surface area contributed by atoms with Crippen molar-refractivity contribution in [3.63, 3.8) is 0 Å². The second kappa shape index (κ2) is 11.2. The van der Waals surface area contributed by atoms with E-state index in [4.69, 9.17) is 18.9 Å². The van der Waals surface area contributed by atoms with Gasteiger partial charge in [-0.3, -0.25) is 14.4 Å². The largest absolute Gasteiger partial charge is 0.493 e. The topological polar surface area (TPSA) is 100 Å². The summed E-state index contributed by atoms with van der Waals surface area (Å²) >= 11 is 0. The van der Waals surface area contributed by atoms with Crippen LogP contribution in [0.2, 0.25) is 0 Å². The van der Waals surface area contributed by atoms with Crippen LogP contribution < -0.4 is 19.5 Å². The van der Waals surface area contributed by atoms with Gasteiger partial charge < -0.3 is 24.3 Å². The summed E-state index contributed by atoms with van der Waals surface area (Å²) in [7, 11) is 3.06. The average Bonchev–Trinajstić information content (AvgIpc) is 3.20. The van der Waals surface area contributed by atoms with Gasteiger partial charge in [-0.25, -0.2) is 0 Å². The fourth-order valence-corrected chi connectivity index (χ4v) is 3.66. The van der Waals surface area contributed by atoms with E-state index in [2.05, 4.69) is 5.32 Å². The Morgan fingerprint density at radius 2 is 1.53 bits per heavy atom. The van der Waals surface area contributed by atoms with E-state index < -0.39 is 11.9 Å². The molecular weight excluding hydrogens is 462 g/mol. The van der Waals surface area contributed by atoms with Crippen LogP contribution in [-0.4, -0.2) is 32.1 Å². The standard InChI is InChI=1S/C28H25NO7/c1-33-24-15-21-22(28(32)29-23(21)16-25(24)34-2)14-18-8-10-20(11-9-18)36-27(31)13-12-26(30)35-17-19-6-4-3-5-7-19/h3-11,14-16H,12-13,17H2,1-2H3,(H,29,32)/b22-14+. The van der Waals surface area contributed by atoms with E-state index in [0.717, 1.165) is 11.1 Å². The van der Waals surface area contributed by atoms with Crippen LogP contribution in [0.3, 0.4) is 0 Å². The van der Waals surface area contributed by atoms with Gasteiger partial charge in [0.15, 0.2) is 11.5 Å². The van der Waals surface area contributed by atoms with E-state index in [1.54, 1.807) is 42.5 Å². The molecule has 0 bridgehead atoms. The van der Waals surface area contributed by atoms with Gasteiger partial charge in [-0.2, -0.15) is 0 Å². The van der Waals surface area contributed by atoms with Crippen molar-refractivity contribution in [2.45, 2.75) is 19.4 Å². The second-order valence-corrected chi connectivity index (χ2v) is 7.95. The summed E-state index contributed by atoms with van der Waals surface area (Å²) in [5, 5.41) is 2.82. The molecule has 0 saturated carbocycles. The van der Waals surface area contributed by atoms with E-state index >= 15 is 0 Å². The first-order chi connectivity index (χ1) is 17.5. The van der Waals surface area contributed by atoms with E-state index in [1.165, 1.54) is 14.2 Å². The summed E-state index contributed by atoms with van der Waals surface area (Å²) < 4.78 is 21.1. The number of hydrogen-bond donors (Lipinski definition) is 1. The SMILES string of the molecule is COc1cc2c(cc1OC)/C(=C\c1ccc(OC(=O)CCC(=O)OCc3ccccc3)cc1)C(=O)N2. The second-order valence-electron chi connectivity index (χ2n) is 7.95. The Hall–Kier alpha value is -4.59. The fourth-order valence-electron chi connectivity index (χ4n) is 3.66. The number of nitrogens with one attached hydrogen (secondary N) is 1. The number of benzene rings is 3. The van der Waals surface area contributed by atoms with E-state index in [9.17, 15) is 14.4 Å². The van der Waals surface area contributed by atoms with E-state index in [-0.39, 0.29) is 25.4 Å². The molecule has 3 aromatic carbocycles. The van der Waals surface area contributed by atoms with Crippen molar-refractivity contribution in [3.05, 3.63) is 83.4 Å². The van der Waals surface area contributed by atoms with Gasteiger partial charge in [0.1, 0.15) is 12.4 Å². The predicted octanol–water partition coefficient (Wildman–Crippen LogP) is 4.63. The summed E-state index contributed by atoms with van der Waals surface area (Å²) in [5.74, 6) is 0.126. The molecule has 0 spiro atoms. The zero-order valence-corrected chi connectivity index (χ0v) is 19.9. The number of hydrogen-bond acceptors (Lipinski definition) is 7. The molecule has 0 aliphatic carbocycles. The molecule has 1 N–H and O–H groups in total. The number of fused-ring (bicyclic) bond motifs is 1. The molecule has 1 amide bonds. The highest BCUT2D eigenvalue weighted by atomic mass is 16.5. The molecule has 8 nitrogen and oxygen atoms in total. The third kappa shape index (κ3) is 5.90. The molecule has 1 aliphatic rings. The fraction of sp³-hybridized carbons (Fsp3) is 0.179. The molecule has 0 saturated heterocycles. The zero-order valence-electron chi connectivity index (χ0n) is 19.9. The number of anilines is 1. The summed E-state index contributed by atoms with van der Waals surface area (Å²) in [6.45, 7) is 0.161. The van der Waals surface area contributed by atoms with Crippen LogP contribution in [0.5, 0.6) is 17.2 Å². The highest BCUT2D eigenvalue weighted by Gasteiger charge is 2.26. The first-order valence-electron chi connectivity index (χ1n) is 11.3. The number of ether oxygens (including phenoxy) is 4. The molecule has 3 aromatic rings. The number of carbonyl (C=O) groups excluding carboxylic acids is 3. The molecule has 0 atom stereocenters. The molecule has 4 rings (SSSR count). The minimum atomic E-state index is -0.539. The van der Waals surface area contributed by atoms with Gasteiger partial charge in [0.05, 0.1) is 32.7 Å². The van der Waals surface area contributed by atoms with Gasteiger partial charge in [0.2, 0.25) is 0 Å². The van der Waals surface area contributed by atoms with Gasteiger partial charge in [-0.1, -0.05) is 42.5 Å². The molecule has 0 fully saturated rings. The van der Waals surface area contributed by atoms with E-state index in [0.29, 0.717) is 34.1 Å². The first-order valence-corrected chi connectivity index (χ1v) is 11.3. The van der Waals surface area contributed by atoms with Gasteiger partial charge in [0, 0.05) is 17.2 Å². The highest BCUT2D eigenvalue weighted by molar-refractivity contribution is 6.35. The maximum Gasteiger partial charge on any atom is 0.311 e. The number of esters is 2. The van der Waals surface area contributed by atoms with Gasteiger partial charge in [0.25, 0.3) is 5.91 Å². The number of methoxy groups -OCH3 is 2. The summed E-state index contributed by atoms with van der Waals surface area (Å²) in [6.07, 6.45) is 1.57. The monoisotopic (exact) mass is 487 g/mol. The lowest BCUT2D eigenvalue weighted by Gasteiger charge is -2.09. The Morgan fingerprint density at radius 1 is 0.861 bits per heavy atom. The van der Waals surface area contributed by atoms with Crippen LogP contribution in [-0.2, 0) is 25.7 Å². The lowest BCUT2D eigenvalue weighted by Crippen LogP contribution is -2.12. The Bertz CT molecular complexity index is 1300. The molecule has 8 heteroatoms. The van der Waals surface area contributed by atoms with Crippen LogP contribution >= 0.6 is 0 Å². The Labute approximate surface area is 208 Å². The van der Waals surface area contributed by atoms with Crippen molar-refractivity contribution in [3.8, 4) is 17.2 Å². The maximum atomic E-state index is 12.5. The van der Waals surface area contributed by atoms with Crippen molar-refractivity contribution in [1.29, 1.82) is 0 Å². The molecule has 1 heterocycles. The molecule has 36 heavy (non-hydrogen) atoms. The maximum absolute atomic E-state index is 12.5. The van der Waals surface area contributed by atoms with Crippen molar-refractivity contribution < 1.29 is 33.3 Å². The molecule has 184 valence electrons. The number of carbonyl (C=O) groups is 3. The zero-order chi connectivity index (χ0) is 25.5. The van der Waals surface area contributed by atoms with Gasteiger partial charge in [-0.05, 0) is 35.4 Å². The van der Waals surface area contributed by atoms with Gasteiger partial charge >= 0.3 is 11.9 Å². The van der Waals surface area contributed by atoms with Crippen LogP contribution in [0.4, 0.5) is 5.69 Å². The smallest absolute Gasteiger partial charge is 0.311 e. The molecular formula is C28H25NO7. The first kappa shape index (κ1) is 24.5. The van der Waals surface area contributed by atoms with Crippen molar-refractivity contribution in [1.82, 2.24) is 0 Å². The van der Waals surface area contributed by atoms with Crippen LogP contribution in [0.15, 0.2) is 66.7 Å². The Kier molecular flexibility index (Phi) is 7.65. The van der Waals surface area contributed by atoms with Crippen LogP contribution in [0.1, 0.15) is 29.5 Å². The summed E-state index contributed by atoms with van der Waals surface area (Å²) in [6, 6.07) is 19.5. The van der Waals surface area contributed by atoms with Gasteiger partial charge in [-0.15, -0.1) is 0 Å². The number of amides is 1. The normalized spacial score (nSPS) is 13.1. The van der Waals surface area contributed by atoms with Crippen molar-refractivity contribution >= 4 is 35.2 Å². The molecule has 0 unspecified atom stereocenters.